The van der Waals surface area contributed by atoms with Gasteiger partial charge < -0.3 is 5.32 Å². The molecule has 2 aromatic heterocycles. The summed E-state index contributed by atoms with van der Waals surface area (Å²) < 4.78 is 30.1. The van der Waals surface area contributed by atoms with Crippen LogP contribution in [-0.4, -0.2) is 52.1 Å². The van der Waals surface area contributed by atoms with E-state index < -0.39 is 10.0 Å². The van der Waals surface area contributed by atoms with Gasteiger partial charge in [0.25, 0.3) is 0 Å². The Morgan fingerprint density at radius 3 is 2.66 bits per heavy atom. The highest BCUT2D eigenvalue weighted by molar-refractivity contribution is 7.99. The Kier molecular flexibility index (Phi) is 6.52. The SMILES string of the molecule is CCN(CC)S(=O)(=O)c1ccc(C)c(NC(=O)CSc2nnc3sc4ccccc4n23)c1. The number of benzene rings is 2. The van der Waals surface area contributed by atoms with Crippen molar-refractivity contribution < 1.29 is 13.2 Å². The molecule has 0 aliphatic heterocycles. The molecule has 0 aliphatic rings. The minimum atomic E-state index is -3.61. The topological polar surface area (TPSA) is 96.7 Å². The van der Waals surface area contributed by atoms with Gasteiger partial charge in [0.1, 0.15) is 0 Å². The van der Waals surface area contributed by atoms with Crippen LogP contribution in [-0.2, 0) is 14.8 Å². The standard InChI is InChI=1S/C21H23N5O3S3/c1-4-25(5-2)32(28,29)15-11-10-14(3)16(12-15)22-19(27)13-30-20-23-24-21-26(20)17-8-6-7-9-18(17)31-21/h6-12H,4-5,13H2,1-3H3,(H,22,27). The van der Waals surface area contributed by atoms with Crippen molar-refractivity contribution in [3.05, 3.63) is 48.0 Å². The molecule has 0 spiro atoms. The smallest absolute Gasteiger partial charge is 0.243 e. The van der Waals surface area contributed by atoms with E-state index in [0.717, 1.165) is 20.7 Å². The third-order valence-electron chi connectivity index (χ3n) is 5.07. The molecule has 2 heterocycles. The van der Waals surface area contributed by atoms with E-state index in [9.17, 15) is 13.2 Å². The molecule has 168 valence electrons. The number of carbonyl (C=O) groups excluding carboxylic acids is 1. The van der Waals surface area contributed by atoms with Crippen LogP contribution >= 0.6 is 23.1 Å². The minimum absolute atomic E-state index is 0.122. The fraction of sp³-hybridized carbons (Fsp3) is 0.286. The molecule has 0 atom stereocenters. The van der Waals surface area contributed by atoms with E-state index in [1.807, 2.05) is 35.6 Å². The molecule has 0 aliphatic carbocycles. The van der Waals surface area contributed by atoms with Gasteiger partial charge in [0, 0.05) is 18.8 Å². The number of hydrogen-bond acceptors (Lipinski definition) is 7. The Morgan fingerprint density at radius 2 is 1.91 bits per heavy atom. The summed E-state index contributed by atoms with van der Waals surface area (Å²) in [4.78, 5) is 13.6. The first-order chi connectivity index (χ1) is 15.3. The van der Waals surface area contributed by atoms with Crippen molar-refractivity contribution in [2.24, 2.45) is 0 Å². The average molecular weight is 490 g/mol. The molecule has 0 bridgehead atoms. The predicted octanol–water partition coefficient (Wildman–Crippen LogP) is 4.01. The van der Waals surface area contributed by atoms with Crippen LogP contribution in [0.2, 0.25) is 0 Å². The monoisotopic (exact) mass is 489 g/mol. The lowest BCUT2D eigenvalue weighted by Crippen LogP contribution is -2.30. The van der Waals surface area contributed by atoms with Crippen molar-refractivity contribution in [2.45, 2.75) is 30.8 Å². The number of aromatic nitrogens is 3. The van der Waals surface area contributed by atoms with Gasteiger partial charge in [-0.2, -0.15) is 4.31 Å². The maximum absolute atomic E-state index is 12.8. The van der Waals surface area contributed by atoms with Crippen LogP contribution in [0.1, 0.15) is 19.4 Å². The first-order valence-electron chi connectivity index (χ1n) is 10.1. The molecule has 4 rings (SSSR count). The van der Waals surface area contributed by atoms with Gasteiger partial charge in [-0.1, -0.05) is 55.1 Å². The number of thioether (sulfide) groups is 1. The Morgan fingerprint density at radius 1 is 1.16 bits per heavy atom. The minimum Gasteiger partial charge on any atom is -0.325 e. The number of aryl methyl sites for hydroxylation is 1. The van der Waals surface area contributed by atoms with Gasteiger partial charge in [-0.3, -0.25) is 9.20 Å². The van der Waals surface area contributed by atoms with Crippen LogP contribution in [0.25, 0.3) is 15.2 Å². The zero-order valence-corrected chi connectivity index (χ0v) is 20.4. The Hall–Kier alpha value is -2.47. The van der Waals surface area contributed by atoms with E-state index in [2.05, 4.69) is 15.5 Å². The van der Waals surface area contributed by atoms with Gasteiger partial charge in [-0.15, -0.1) is 10.2 Å². The number of amides is 1. The van der Waals surface area contributed by atoms with E-state index in [1.54, 1.807) is 37.3 Å². The van der Waals surface area contributed by atoms with E-state index in [-0.39, 0.29) is 16.6 Å². The summed E-state index contributed by atoms with van der Waals surface area (Å²) in [6.07, 6.45) is 0. The predicted molar refractivity (Wildman–Crippen MR) is 129 cm³/mol. The van der Waals surface area contributed by atoms with Crippen LogP contribution in [0.3, 0.4) is 0 Å². The highest BCUT2D eigenvalue weighted by atomic mass is 32.2. The first kappa shape index (κ1) is 22.7. The van der Waals surface area contributed by atoms with Crippen molar-refractivity contribution >= 4 is 59.9 Å². The number of thiazole rings is 1. The summed E-state index contributed by atoms with van der Waals surface area (Å²) in [5.41, 5.74) is 2.28. The molecule has 8 nitrogen and oxygen atoms in total. The Balaban J connectivity index is 1.51. The van der Waals surface area contributed by atoms with Crippen molar-refractivity contribution in [3.63, 3.8) is 0 Å². The number of sulfonamides is 1. The highest BCUT2D eigenvalue weighted by Gasteiger charge is 2.22. The van der Waals surface area contributed by atoms with Gasteiger partial charge in [0.15, 0.2) is 5.16 Å². The fourth-order valence-electron chi connectivity index (χ4n) is 3.37. The number of anilines is 1. The summed E-state index contributed by atoms with van der Waals surface area (Å²) >= 11 is 2.83. The summed E-state index contributed by atoms with van der Waals surface area (Å²) in [5, 5.41) is 11.9. The van der Waals surface area contributed by atoms with Crippen molar-refractivity contribution in [2.75, 3.05) is 24.2 Å². The zero-order valence-electron chi connectivity index (χ0n) is 17.9. The molecule has 0 fully saturated rings. The molecule has 0 unspecified atom stereocenters. The summed E-state index contributed by atoms with van der Waals surface area (Å²) in [5.74, 6) is -0.121. The molecule has 0 radical (unpaired) electrons. The van der Waals surface area contributed by atoms with Crippen LogP contribution in [0.4, 0.5) is 5.69 Å². The Labute approximate surface area is 194 Å². The van der Waals surface area contributed by atoms with Gasteiger partial charge in [-0.05, 0) is 36.8 Å². The van der Waals surface area contributed by atoms with Crippen molar-refractivity contribution in [1.82, 2.24) is 18.9 Å². The number of nitrogens with one attached hydrogen (secondary N) is 1. The normalized spacial score (nSPS) is 12.1. The number of fused-ring (bicyclic) bond motifs is 3. The maximum Gasteiger partial charge on any atom is 0.243 e. The van der Waals surface area contributed by atoms with Crippen LogP contribution in [0.5, 0.6) is 0 Å². The molecule has 11 heteroatoms. The molecule has 0 saturated heterocycles. The lowest BCUT2D eigenvalue weighted by Gasteiger charge is -2.19. The largest absolute Gasteiger partial charge is 0.325 e. The lowest BCUT2D eigenvalue weighted by atomic mass is 10.2. The number of carbonyl (C=O) groups is 1. The molecule has 0 saturated carbocycles. The first-order valence-corrected chi connectivity index (χ1v) is 13.4. The van der Waals surface area contributed by atoms with Gasteiger partial charge in [0.2, 0.25) is 20.9 Å². The summed E-state index contributed by atoms with van der Waals surface area (Å²) in [6, 6.07) is 12.8. The number of hydrogen-bond donors (Lipinski definition) is 1. The molecule has 1 amide bonds. The third kappa shape index (κ3) is 4.25. The third-order valence-corrected chi connectivity index (χ3v) is 9.06. The molecule has 32 heavy (non-hydrogen) atoms. The maximum atomic E-state index is 12.8. The highest BCUT2D eigenvalue weighted by Crippen LogP contribution is 2.29. The van der Waals surface area contributed by atoms with E-state index in [4.69, 9.17) is 0 Å². The second-order valence-electron chi connectivity index (χ2n) is 7.07. The van der Waals surface area contributed by atoms with Gasteiger partial charge in [0.05, 0.1) is 20.9 Å². The average Bonchev–Trinajstić information content (AvgIpc) is 3.33. The summed E-state index contributed by atoms with van der Waals surface area (Å²) in [6.45, 7) is 6.20. The van der Waals surface area contributed by atoms with E-state index >= 15 is 0 Å². The lowest BCUT2D eigenvalue weighted by molar-refractivity contribution is -0.113. The number of nitrogens with zero attached hydrogens (tertiary/aromatic N) is 4. The molecular weight excluding hydrogens is 466 g/mol. The van der Waals surface area contributed by atoms with E-state index in [1.165, 1.54) is 22.1 Å². The number of para-hydroxylation sites is 1. The summed E-state index contributed by atoms with van der Waals surface area (Å²) in [7, 11) is -3.61. The second kappa shape index (κ2) is 9.18. The van der Waals surface area contributed by atoms with Crippen LogP contribution in [0.15, 0.2) is 52.5 Å². The van der Waals surface area contributed by atoms with Crippen molar-refractivity contribution in [1.29, 1.82) is 0 Å². The van der Waals surface area contributed by atoms with E-state index in [0.29, 0.717) is 23.9 Å². The fourth-order valence-corrected chi connectivity index (χ4v) is 6.63. The molecular formula is C21H23N5O3S3. The van der Waals surface area contributed by atoms with Crippen LogP contribution in [0, 0.1) is 6.92 Å². The van der Waals surface area contributed by atoms with Crippen molar-refractivity contribution in [3.8, 4) is 0 Å². The second-order valence-corrected chi connectivity index (χ2v) is 11.0. The Bertz CT molecular complexity index is 1390. The zero-order chi connectivity index (χ0) is 22.9. The van der Waals surface area contributed by atoms with Gasteiger partial charge >= 0.3 is 0 Å². The van der Waals surface area contributed by atoms with Crippen LogP contribution < -0.4 is 5.32 Å². The molecule has 4 aromatic rings. The quantitative estimate of drug-likeness (QED) is 0.376. The number of rotatable bonds is 8. The van der Waals surface area contributed by atoms with Gasteiger partial charge in [-0.25, -0.2) is 8.42 Å². The molecule has 1 N–H and O–H groups in total. The molecule has 2 aromatic carbocycles.